The molecule has 0 saturated heterocycles. The zero-order chi connectivity index (χ0) is 16.4. The molecule has 0 aliphatic heterocycles. The number of halogens is 2. The molecular weight excluding hydrogens is 326 g/mol. The SMILES string of the molecule is O=S(=O)(Nc1ccc(-n2cccn2)nc1)c1c(F)cccc1F. The standard InChI is InChI=1S/C14H10F2N4O2S/c15-11-3-1-4-12(16)14(11)23(21,22)19-10-5-6-13(17-9-10)20-8-2-7-18-20/h1-9,19H. The van der Waals surface area contributed by atoms with Gasteiger partial charge in [0.15, 0.2) is 10.7 Å². The van der Waals surface area contributed by atoms with Crippen LogP contribution in [0.15, 0.2) is 59.9 Å². The molecule has 0 unspecified atom stereocenters. The fourth-order valence-electron chi connectivity index (χ4n) is 1.93. The molecule has 2 heterocycles. The van der Waals surface area contributed by atoms with E-state index < -0.39 is 26.6 Å². The van der Waals surface area contributed by atoms with Gasteiger partial charge in [0.25, 0.3) is 10.0 Å². The summed E-state index contributed by atoms with van der Waals surface area (Å²) in [7, 11) is -4.40. The lowest BCUT2D eigenvalue weighted by atomic mass is 10.3. The fourth-order valence-corrected chi connectivity index (χ4v) is 3.11. The van der Waals surface area contributed by atoms with Gasteiger partial charge in [-0.25, -0.2) is 26.9 Å². The van der Waals surface area contributed by atoms with Gasteiger partial charge >= 0.3 is 0 Å². The fraction of sp³-hybridized carbons (Fsp3) is 0. The minimum absolute atomic E-state index is 0.0727. The highest BCUT2D eigenvalue weighted by atomic mass is 32.2. The molecule has 118 valence electrons. The second-order valence-corrected chi connectivity index (χ2v) is 6.13. The molecule has 0 amide bonds. The van der Waals surface area contributed by atoms with Crippen molar-refractivity contribution in [3.05, 3.63) is 66.6 Å². The number of rotatable bonds is 4. The Morgan fingerprint density at radius 1 is 1.04 bits per heavy atom. The summed E-state index contributed by atoms with van der Waals surface area (Å²) in [6.45, 7) is 0. The van der Waals surface area contributed by atoms with Crippen molar-refractivity contribution >= 4 is 15.7 Å². The summed E-state index contributed by atoms with van der Waals surface area (Å²) in [5.41, 5.74) is 0.0727. The largest absolute Gasteiger partial charge is 0.278 e. The van der Waals surface area contributed by atoms with Crippen LogP contribution in [0.4, 0.5) is 14.5 Å². The van der Waals surface area contributed by atoms with Gasteiger partial charge in [-0.3, -0.25) is 4.72 Å². The van der Waals surface area contributed by atoms with E-state index in [4.69, 9.17) is 0 Å². The van der Waals surface area contributed by atoms with Gasteiger partial charge in [0.2, 0.25) is 0 Å². The molecule has 2 aromatic heterocycles. The Hall–Kier alpha value is -2.81. The van der Waals surface area contributed by atoms with E-state index in [-0.39, 0.29) is 5.69 Å². The monoisotopic (exact) mass is 336 g/mol. The van der Waals surface area contributed by atoms with E-state index >= 15 is 0 Å². The first-order valence-corrected chi connectivity index (χ1v) is 7.88. The minimum Gasteiger partial charge on any atom is -0.278 e. The van der Waals surface area contributed by atoms with Crippen LogP contribution in [0.2, 0.25) is 0 Å². The zero-order valence-corrected chi connectivity index (χ0v) is 12.3. The molecule has 6 nitrogen and oxygen atoms in total. The van der Waals surface area contributed by atoms with Crippen molar-refractivity contribution in [2.45, 2.75) is 4.90 Å². The number of nitrogens with one attached hydrogen (secondary N) is 1. The summed E-state index contributed by atoms with van der Waals surface area (Å²) in [6, 6.07) is 7.47. The van der Waals surface area contributed by atoms with Gasteiger partial charge in [-0.15, -0.1) is 0 Å². The second kappa shape index (κ2) is 5.76. The van der Waals surface area contributed by atoms with Gasteiger partial charge in [0.05, 0.1) is 11.9 Å². The molecule has 0 fully saturated rings. The third-order valence-electron chi connectivity index (χ3n) is 2.93. The third kappa shape index (κ3) is 3.04. The average Bonchev–Trinajstić information content (AvgIpc) is 3.01. The molecule has 1 N–H and O–H groups in total. The smallest absolute Gasteiger partial charge is 0.267 e. The number of anilines is 1. The van der Waals surface area contributed by atoms with Crippen LogP contribution < -0.4 is 4.72 Å². The molecule has 9 heteroatoms. The molecule has 0 aliphatic rings. The van der Waals surface area contributed by atoms with E-state index in [0.29, 0.717) is 5.82 Å². The van der Waals surface area contributed by atoms with Crippen molar-refractivity contribution < 1.29 is 17.2 Å². The Balaban J connectivity index is 1.89. The van der Waals surface area contributed by atoms with E-state index in [9.17, 15) is 17.2 Å². The zero-order valence-electron chi connectivity index (χ0n) is 11.5. The molecular formula is C14H10F2N4O2S. The maximum Gasteiger partial charge on any atom is 0.267 e. The highest BCUT2D eigenvalue weighted by Gasteiger charge is 2.23. The van der Waals surface area contributed by atoms with Gasteiger partial charge < -0.3 is 0 Å². The van der Waals surface area contributed by atoms with Gasteiger partial charge in [-0.1, -0.05) is 6.07 Å². The third-order valence-corrected chi connectivity index (χ3v) is 4.36. The number of benzene rings is 1. The summed E-state index contributed by atoms with van der Waals surface area (Å²) in [5, 5.41) is 3.98. The van der Waals surface area contributed by atoms with Crippen LogP contribution in [0.1, 0.15) is 0 Å². The van der Waals surface area contributed by atoms with Crippen LogP contribution in [0.5, 0.6) is 0 Å². The van der Waals surface area contributed by atoms with E-state index in [1.807, 2.05) is 0 Å². The van der Waals surface area contributed by atoms with Crippen LogP contribution in [-0.4, -0.2) is 23.2 Å². The Kier molecular flexibility index (Phi) is 3.78. The van der Waals surface area contributed by atoms with Gasteiger partial charge in [-0.05, 0) is 30.3 Å². The maximum atomic E-state index is 13.6. The van der Waals surface area contributed by atoms with Gasteiger partial charge in [0.1, 0.15) is 11.6 Å². The first kappa shape index (κ1) is 15.1. The van der Waals surface area contributed by atoms with Crippen molar-refractivity contribution in [3.8, 4) is 5.82 Å². The lowest BCUT2D eigenvalue weighted by molar-refractivity contribution is 0.521. The average molecular weight is 336 g/mol. The van der Waals surface area contributed by atoms with Crippen LogP contribution in [0, 0.1) is 11.6 Å². The normalized spacial score (nSPS) is 11.4. The molecule has 1 aromatic carbocycles. The summed E-state index contributed by atoms with van der Waals surface area (Å²) in [4.78, 5) is 3.00. The molecule has 0 aliphatic carbocycles. The molecule has 23 heavy (non-hydrogen) atoms. The van der Waals surface area contributed by atoms with E-state index in [1.54, 1.807) is 18.5 Å². The van der Waals surface area contributed by atoms with E-state index in [1.165, 1.54) is 23.0 Å². The van der Waals surface area contributed by atoms with E-state index in [0.717, 1.165) is 18.2 Å². The number of aromatic nitrogens is 3. The molecule has 0 radical (unpaired) electrons. The Morgan fingerprint density at radius 3 is 2.35 bits per heavy atom. The first-order valence-electron chi connectivity index (χ1n) is 6.40. The number of sulfonamides is 1. The minimum atomic E-state index is -4.40. The number of hydrogen-bond acceptors (Lipinski definition) is 4. The van der Waals surface area contributed by atoms with Crippen LogP contribution in [0.3, 0.4) is 0 Å². The van der Waals surface area contributed by atoms with Crippen molar-refractivity contribution in [3.63, 3.8) is 0 Å². The number of hydrogen-bond donors (Lipinski definition) is 1. The van der Waals surface area contributed by atoms with Gasteiger partial charge in [-0.2, -0.15) is 5.10 Å². The van der Waals surface area contributed by atoms with Crippen molar-refractivity contribution in [2.24, 2.45) is 0 Å². The Labute approximate surface area is 130 Å². The van der Waals surface area contributed by atoms with Crippen LogP contribution in [0.25, 0.3) is 5.82 Å². The van der Waals surface area contributed by atoms with Gasteiger partial charge in [0, 0.05) is 12.4 Å². The molecule has 0 bridgehead atoms. The molecule has 3 rings (SSSR count). The molecule has 0 saturated carbocycles. The molecule has 3 aromatic rings. The first-order chi connectivity index (χ1) is 11.0. The number of nitrogens with zero attached hydrogens (tertiary/aromatic N) is 3. The number of pyridine rings is 1. The highest BCUT2D eigenvalue weighted by Crippen LogP contribution is 2.21. The summed E-state index contributed by atoms with van der Waals surface area (Å²) in [5.74, 6) is -1.87. The van der Waals surface area contributed by atoms with Crippen molar-refractivity contribution in [1.29, 1.82) is 0 Å². The Morgan fingerprint density at radius 2 is 1.78 bits per heavy atom. The van der Waals surface area contributed by atoms with Crippen molar-refractivity contribution in [1.82, 2.24) is 14.8 Å². The second-order valence-electron chi connectivity index (χ2n) is 4.51. The predicted molar refractivity (Wildman–Crippen MR) is 78.5 cm³/mol. The quantitative estimate of drug-likeness (QED) is 0.793. The highest BCUT2D eigenvalue weighted by molar-refractivity contribution is 7.92. The lowest BCUT2D eigenvalue weighted by Crippen LogP contribution is -2.16. The summed E-state index contributed by atoms with van der Waals surface area (Å²) >= 11 is 0. The molecule has 0 atom stereocenters. The molecule has 0 spiro atoms. The van der Waals surface area contributed by atoms with Crippen LogP contribution >= 0.6 is 0 Å². The van der Waals surface area contributed by atoms with Crippen molar-refractivity contribution in [2.75, 3.05) is 4.72 Å². The maximum absolute atomic E-state index is 13.6. The Bertz CT molecular complexity index is 906. The van der Waals surface area contributed by atoms with Crippen LogP contribution in [-0.2, 0) is 10.0 Å². The summed E-state index contributed by atoms with van der Waals surface area (Å²) in [6.07, 6.45) is 4.47. The van der Waals surface area contributed by atoms with E-state index in [2.05, 4.69) is 14.8 Å². The lowest BCUT2D eigenvalue weighted by Gasteiger charge is -2.10. The predicted octanol–water partition coefficient (Wildman–Crippen LogP) is 2.35. The topological polar surface area (TPSA) is 76.9 Å². The summed E-state index contributed by atoms with van der Waals surface area (Å²) < 4.78 is 55.0.